The normalized spacial score (nSPS) is 29.7. The van der Waals surface area contributed by atoms with E-state index in [2.05, 4.69) is 16.9 Å². The van der Waals surface area contributed by atoms with Crippen molar-refractivity contribution in [2.24, 2.45) is 17.8 Å². The molecule has 11 heteroatoms. The van der Waals surface area contributed by atoms with Crippen LogP contribution in [0.15, 0.2) is 36.9 Å². The average Bonchev–Trinajstić information content (AvgIpc) is 3.62. The minimum Gasteiger partial charge on any atom is -0.466 e. The molecule has 2 aromatic rings. The summed E-state index contributed by atoms with van der Waals surface area (Å²) in [5, 5.41) is 19.0. The van der Waals surface area contributed by atoms with Gasteiger partial charge in [0, 0.05) is 11.3 Å². The Morgan fingerprint density at radius 3 is 2.75 bits per heavy atom. The van der Waals surface area contributed by atoms with Gasteiger partial charge in [-0.3, -0.25) is 14.4 Å². The quantitative estimate of drug-likeness (QED) is 0.324. The Morgan fingerprint density at radius 1 is 1.32 bits per heavy atom. The van der Waals surface area contributed by atoms with Crippen molar-refractivity contribution >= 4 is 40.6 Å². The minimum atomic E-state index is -0.845. The number of carbonyl (C=O) groups excluding carboxylic acids is 3. The Morgan fingerprint density at radius 2 is 2.08 bits per heavy atom. The highest BCUT2D eigenvalue weighted by atomic mass is 32.2. The zero-order chi connectivity index (χ0) is 28.8. The highest BCUT2D eigenvalue weighted by Crippen LogP contribution is 2.71. The number of benzene rings is 1. The molecule has 1 spiro atoms. The fraction of sp³-hybridized carbons (Fsp3) is 0.621. The summed E-state index contributed by atoms with van der Waals surface area (Å²) in [5.74, 6) is -2.01. The second-order valence-electron chi connectivity index (χ2n) is 11.8. The Bertz CT molecular complexity index is 1310. The molecule has 1 N–H and O–H groups in total. The number of aliphatic hydroxyl groups excluding tert-OH is 1. The summed E-state index contributed by atoms with van der Waals surface area (Å²) in [6, 6.07) is 6.14. The maximum absolute atomic E-state index is 14.7. The summed E-state index contributed by atoms with van der Waals surface area (Å²) in [6.07, 6.45) is 3.52. The lowest BCUT2D eigenvalue weighted by atomic mass is 9.66. The SMILES string of the molecule is C=CCN(Cn1nnc2ccccc21)C(=O)C1N([C@@H](CO)CC(C)C)C(=O)[C@@H]2[C@H](C(=O)OCC)[C@]3(C)CCC12S3. The van der Waals surface area contributed by atoms with Gasteiger partial charge in [0.05, 0.1) is 41.4 Å². The summed E-state index contributed by atoms with van der Waals surface area (Å²) in [4.78, 5) is 45.7. The van der Waals surface area contributed by atoms with Gasteiger partial charge < -0.3 is 19.6 Å². The number of ether oxygens (including phenoxy) is 1. The van der Waals surface area contributed by atoms with Gasteiger partial charge in [0.25, 0.3) is 0 Å². The number of rotatable bonds is 11. The van der Waals surface area contributed by atoms with Crippen molar-refractivity contribution in [3.05, 3.63) is 36.9 Å². The zero-order valence-corrected chi connectivity index (χ0v) is 24.5. The van der Waals surface area contributed by atoms with Crippen LogP contribution < -0.4 is 0 Å². The molecule has 10 nitrogen and oxygen atoms in total. The number of hydrogen-bond acceptors (Lipinski definition) is 8. The predicted molar refractivity (Wildman–Crippen MR) is 152 cm³/mol. The number of esters is 1. The standard InChI is InChI=1S/C29H39N5O5S/c1-6-14-32(17-33-21-11-9-8-10-20(21)30-31-33)26(37)24-29-13-12-28(5,40-29)23(27(38)39-7-2)22(29)25(36)34(24)19(16-35)15-18(3)4/h6,8-11,18-19,22-24,35H,1,7,12-17H2,2-5H3/t19-,22+,23-,24?,28+,29?/m1/s1. The summed E-state index contributed by atoms with van der Waals surface area (Å²) in [5.41, 5.74) is 1.51. The number of amides is 2. The second kappa shape index (κ2) is 10.8. The monoisotopic (exact) mass is 569 g/mol. The highest BCUT2D eigenvalue weighted by molar-refractivity contribution is 8.02. The molecule has 6 atom stereocenters. The van der Waals surface area contributed by atoms with Gasteiger partial charge in [-0.25, -0.2) is 4.68 Å². The van der Waals surface area contributed by atoms with E-state index in [0.717, 1.165) is 11.0 Å². The van der Waals surface area contributed by atoms with Crippen molar-refractivity contribution in [2.45, 2.75) is 75.2 Å². The molecule has 5 rings (SSSR count). The van der Waals surface area contributed by atoms with Crippen molar-refractivity contribution in [1.82, 2.24) is 24.8 Å². The van der Waals surface area contributed by atoms with Crippen LogP contribution in [0.1, 0.15) is 47.0 Å². The fourth-order valence-corrected chi connectivity index (χ4v) is 9.50. The van der Waals surface area contributed by atoms with Gasteiger partial charge in [-0.05, 0) is 51.2 Å². The number of nitrogens with zero attached hydrogens (tertiary/aromatic N) is 5. The number of likely N-dealkylation sites (tertiary alicyclic amines) is 1. The first-order valence-corrected chi connectivity index (χ1v) is 14.9. The van der Waals surface area contributed by atoms with Crippen LogP contribution in [0.3, 0.4) is 0 Å². The highest BCUT2D eigenvalue weighted by Gasteiger charge is 2.78. The third-order valence-electron chi connectivity index (χ3n) is 8.72. The van der Waals surface area contributed by atoms with Crippen LogP contribution in [-0.4, -0.2) is 89.0 Å². The van der Waals surface area contributed by atoms with Crippen LogP contribution in [0, 0.1) is 17.8 Å². The third-order valence-corrected chi connectivity index (χ3v) is 10.7. The van der Waals surface area contributed by atoms with Gasteiger partial charge in [-0.1, -0.05) is 37.3 Å². The van der Waals surface area contributed by atoms with Crippen LogP contribution in [0.4, 0.5) is 0 Å². The lowest BCUT2D eigenvalue weighted by Gasteiger charge is -2.40. The van der Waals surface area contributed by atoms with E-state index in [-0.39, 0.29) is 50.1 Å². The topological polar surface area (TPSA) is 118 Å². The molecule has 1 aromatic heterocycles. The number of hydrogen-bond donors (Lipinski definition) is 1. The van der Waals surface area contributed by atoms with E-state index in [0.29, 0.717) is 19.3 Å². The maximum Gasteiger partial charge on any atom is 0.311 e. The van der Waals surface area contributed by atoms with E-state index in [4.69, 9.17) is 4.74 Å². The third kappa shape index (κ3) is 4.41. The molecular formula is C29H39N5O5S. The van der Waals surface area contributed by atoms with Crippen LogP contribution in [0.5, 0.6) is 0 Å². The Balaban J connectivity index is 1.58. The zero-order valence-electron chi connectivity index (χ0n) is 23.7. The van der Waals surface area contributed by atoms with Gasteiger partial charge in [-0.15, -0.1) is 23.4 Å². The molecule has 2 amide bonds. The van der Waals surface area contributed by atoms with E-state index in [1.54, 1.807) is 39.2 Å². The molecule has 4 heterocycles. The number of aromatic nitrogens is 3. The summed E-state index contributed by atoms with van der Waals surface area (Å²) >= 11 is 1.60. The Hall–Kier alpha value is -2.92. The lowest BCUT2D eigenvalue weighted by molar-refractivity contribution is -0.155. The molecule has 0 aliphatic carbocycles. The molecule has 3 aliphatic heterocycles. The number of carbonyl (C=O) groups is 3. The average molecular weight is 570 g/mol. The van der Waals surface area contributed by atoms with Gasteiger partial charge in [0.2, 0.25) is 11.8 Å². The molecule has 216 valence electrons. The largest absolute Gasteiger partial charge is 0.466 e. The Kier molecular flexibility index (Phi) is 7.73. The molecule has 40 heavy (non-hydrogen) atoms. The molecule has 2 unspecified atom stereocenters. The first-order valence-electron chi connectivity index (χ1n) is 14.1. The summed E-state index contributed by atoms with van der Waals surface area (Å²) < 4.78 is 5.85. The van der Waals surface area contributed by atoms with Crippen LogP contribution >= 0.6 is 11.8 Å². The van der Waals surface area contributed by atoms with Crippen LogP contribution in [0.2, 0.25) is 0 Å². The number of fused-ring (bicyclic) bond motifs is 2. The molecule has 0 radical (unpaired) electrons. The molecule has 1 aromatic carbocycles. The van der Waals surface area contributed by atoms with E-state index < -0.39 is 33.4 Å². The molecule has 3 aliphatic rings. The van der Waals surface area contributed by atoms with E-state index in [1.165, 1.54) is 0 Å². The molecule has 0 saturated carbocycles. The van der Waals surface area contributed by atoms with Crippen molar-refractivity contribution in [2.75, 3.05) is 19.8 Å². The summed E-state index contributed by atoms with van der Waals surface area (Å²) in [7, 11) is 0. The van der Waals surface area contributed by atoms with Gasteiger partial charge in [-0.2, -0.15) is 0 Å². The first kappa shape index (κ1) is 28.6. The van der Waals surface area contributed by atoms with Crippen molar-refractivity contribution in [1.29, 1.82) is 0 Å². The minimum absolute atomic E-state index is 0.127. The van der Waals surface area contributed by atoms with Crippen LogP contribution in [0.25, 0.3) is 11.0 Å². The molecule has 3 fully saturated rings. The fourth-order valence-electron chi connectivity index (χ4n) is 7.18. The Labute approximate surface area is 239 Å². The lowest BCUT2D eigenvalue weighted by Crippen LogP contribution is -2.57. The second-order valence-corrected chi connectivity index (χ2v) is 13.7. The van der Waals surface area contributed by atoms with Gasteiger partial charge >= 0.3 is 5.97 Å². The first-order chi connectivity index (χ1) is 19.1. The number of thioether (sulfide) groups is 1. The van der Waals surface area contributed by atoms with Crippen molar-refractivity contribution in [3.63, 3.8) is 0 Å². The maximum atomic E-state index is 14.7. The van der Waals surface area contributed by atoms with Crippen LogP contribution in [-0.2, 0) is 25.8 Å². The van der Waals surface area contributed by atoms with E-state index in [1.807, 2.05) is 45.0 Å². The van der Waals surface area contributed by atoms with E-state index >= 15 is 0 Å². The smallest absolute Gasteiger partial charge is 0.311 e. The van der Waals surface area contributed by atoms with E-state index in [9.17, 15) is 19.5 Å². The predicted octanol–water partition coefficient (Wildman–Crippen LogP) is 2.85. The van der Waals surface area contributed by atoms with Crippen molar-refractivity contribution in [3.8, 4) is 0 Å². The summed E-state index contributed by atoms with van der Waals surface area (Å²) in [6.45, 7) is 12.0. The van der Waals surface area contributed by atoms with Gasteiger partial charge in [0.1, 0.15) is 18.2 Å². The molecular weight excluding hydrogens is 530 g/mol. The van der Waals surface area contributed by atoms with Crippen molar-refractivity contribution < 1.29 is 24.2 Å². The molecule has 2 bridgehead atoms. The molecule has 3 saturated heterocycles. The number of aliphatic hydroxyl groups is 1. The van der Waals surface area contributed by atoms with Gasteiger partial charge in [0.15, 0.2) is 0 Å². The number of para-hydroxylation sites is 1.